The second-order valence-electron chi connectivity index (χ2n) is 4.67. The number of nitrogens with two attached hydrogens (primary N) is 3. The van der Waals surface area contributed by atoms with Crippen LogP contribution < -0.4 is 22.5 Å². The smallest absolute Gasteiger partial charge is 0.236 e. The molecule has 7 nitrogen and oxygen atoms in total. The number of hydrogen-bond acceptors (Lipinski definition) is 5. The van der Waals surface area contributed by atoms with E-state index in [9.17, 15) is 9.59 Å². The molecule has 0 radical (unpaired) electrons. The average Bonchev–Trinajstić information content (AvgIpc) is 2.66. The molecule has 18 heavy (non-hydrogen) atoms. The Labute approximate surface area is 107 Å². The molecule has 0 aromatic heterocycles. The molecule has 1 heterocycles. The van der Waals surface area contributed by atoms with E-state index in [0.717, 1.165) is 0 Å². The van der Waals surface area contributed by atoms with Gasteiger partial charge < -0.3 is 27.4 Å². The molecule has 0 aromatic rings. The highest BCUT2D eigenvalue weighted by molar-refractivity contribution is 5.83. The molecule has 3 unspecified atom stereocenters. The van der Waals surface area contributed by atoms with Crippen molar-refractivity contribution in [3.63, 3.8) is 0 Å². The first-order valence-electron chi connectivity index (χ1n) is 6.28. The van der Waals surface area contributed by atoms with Crippen molar-refractivity contribution in [2.24, 2.45) is 17.2 Å². The third-order valence-electron chi connectivity index (χ3n) is 3.12. The summed E-state index contributed by atoms with van der Waals surface area (Å²) in [6.07, 6.45) is 0.587. The summed E-state index contributed by atoms with van der Waals surface area (Å²) < 4.78 is 0. The summed E-state index contributed by atoms with van der Waals surface area (Å²) in [6.45, 7) is 3.33. The lowest BCUT2D eigenvalue weighted by molar-refractivity contribution is -0.130. The molecule has 0 aromatic carbocycles. The number of hydrogen-bond donors (Lipinski definition) is 4. The molecular formula is C11H23N5O2. The molecule has 1 saturated heterocycles. The van der Waals surface area contributed by atoms with Gasteiger partial charge >= 0.3 is 0 Å². The zero-order chi connectivity index (χ0) is 13.7. The number of likely N-dealkylation sites (N-methyl/N-ethyl adjacent to an activating group) is 1. The van der Waals surface area contributed by atoms with Crippen molar-refractivity contribution in [3.8, 4) is 0 Å². The number of likely N-dealkylation sites (tertiary alicyclic amines) is 1. The maximum absolute atomic E-state index is 11.8. The standard InChI is InChI=1S/C11H23N5O2/c1-2-15-11(18)7(12)3-4-10(17)16-5-8(13)9(14)6-16/h7-9H,2-6,12-14H2,1H3,(H,15,18). The molecular weight excluding hydrogens is 234 g/mol. The van der Waals surface area contributed by atoms with Crippen molar-refractivity contribution in [1.29, 1.82) is 0 Å². The summed E-state index contributed by atoms with van der Waals surface area (Å²) in [4.78, 5) is 24.9. The van der Waals surface area contributed by atoms with E-state index < -0.39 is 6.04 Å². The molecule has 1 aliphatic rings. The van der Waals surface area contributed by atoms with Crippen molar-refractivity contribution in [1.82, 2.24) is 10.2 Å². The predicted octanol–water partition coefficient (Wildman–Crippen LogP) is -2.27. The lowest BCUT2D eigenvalue weighted by Gasteiger charge is -2.17. The van der Waals surface area contributed by atoms with Crippen molar-refractivity contribution in [2.75, 3.05) is 19.6 Å². The fourth-order valence-electron chi connectivity index (χ4n) is 1.93. The Morgan fingerprint density at radius 2 is 1.89 bits per heavy atom. The van der Waals surface area contributed by atoms with Gasteiger partial charge in [0.25, 0.3) is 0 Å². The Morgan fingerprint density at radius 3 is 2.39 bits per heavy atom. The fourth-order valence-corrected chi connectivity index (χ4v) is 1.93. The second-order valence-corrected chi connectivity index (χ2v) is 4.67. The highest BCUT2D eigenvalue weighted by Gasteiger charge is 2.30. The molecule has 0 spiro atoms. The van der Waals surface area contributed by atoms with Gasteiger partial charge in [0.05, 0.1) is 6.04 Å². The monoisotopic (exact) mass is 257 g/mol. The number of amides is 2. The largest absolute Gasteiger partial charge is 0.355 e. The van der Waals surface area contributed by atoms with Crippen LogP contribution in [-0.4, -0.2) is 54.5 Å². The minimum atomic E-state index is -0.640. The van der Waals surface area contributed by atoms with Gasteiger partial charge in [0.2, 0.25) is 11.8 Å². The molecule has 3 atom stereocenters. The van der Waals surface area contributed by atoms with Crippen LogP contribution in [0.25, 0.3) is 0 Å². The van der Waals surface area contributed by atoms with E-state index in [-0.39, 0.29) is 30.3 Å². The highest BCUT2D eigenvalue weighted by atomic mass is 16.2. The van der Waals surface area contributed by atoms with Gasteiger partial charge in [0.15, 0.2) is 0 Å². The van der Waals surface area contributed by atoms with Crippen LogP contribution in [0.5, 0.6) is 0 Å². The zero-order valence-corrected chi connectivity index (χ0v) is 10.8. The predicted molar refractivity (Wildman–Crippen MR) is 68.4 cm³/mol. The van der Waals surface area contributed by atoms with Crippen molar-refractivity contribution >= 4 is 11.8 Å². The summed E-state index contributed by atoms with van der Waals surface area (Å²) in [5.74, 6) is -0.265. The van der Waals surface area contributed by atoms with E-state index in [0.29, 0.717) is 26.1 Å². The number of nitrogens with zero attached hydrogens (tertiary/aromatic N) is 1. The molecule has 0 bridgehead atoms. The summed E-state index contributed by atoms with van der Waals surface area (Å²) in [5, 5.41) is 2.62. The lowest BCUT2D eigenvalue weighted by atomic mass is 10.1. The van der Waals surface area contributed by atoms with E-state index in [1.165, 1.54) is 0 Å². The van der Waals surface area contributed by atoms with Crippen LogP contribution in [0, 0.1) is 0 Å². The van der Waals surface area contributed by atoms with Gasteiger partial charge in [0, 0.05) is 38.1 Å². The van der Waals surface area contributed by atoms with Crippen LogP contribution in [0.15, 0.2) is 0 Å². The fraction of sp³-hybridized carbons (Fsp3) is 0.818. The van der Waals surface area contributed by atoms with Gasteiger partial charge in [-0.2, -0.15) is 0 Å². The van der Waals surface area contributed by atoms with Crippen molar-refractivity contribution in [3.05, 3.63) is 0 Å². The molecule has 1 aliphatic heterocycles. The Morgan fingerprint density at radius 1 is 1.33 bits per heavy atom. The summed E-state index contributed by atoms with van der Waals surface area (Å²) in [5.41, 5.74) is 17.2. The first kappa shape index (κ1) is 14.9. The van der Waals surface area contributed by atoms with Crippen LogP contribution in [-0.2, 0) is 9.59 Å². The highest BCUT2D eigenvalue weighted by Crippen LogP contribution is 2.09. The molecule has 1 rings (SSSR count). The van der Waals surface area contributed by atoms with Gasteiger partial charge in [-0.25, -0.2) is 0 Å². The van der Waals surface area contributed by atoms with Gasteiger partial charge in [-0.05, 0) is 13.3 Å². The first-order valence-corrected chi connectivity index (χ1v) is 6.28. The maximum Gasteiger partial charge on any atom is 0.236 e. The summed E-state index contributed by atoms with van der Waals surface area (Å²) in [6, 6.07) is -0.962. The van der Waals surface area contributed by atoms with Crippen molar-refractivity contribution < 1.29 is 9.59 Å². The molecule has 104 valence electrons. The van der Waals surface area contributed by atoms with E-state index >= 15 is 0 Å². The normalized spacial score (nSPS) is 25.0. The topological polar surface area (TPSA) is 127 Å². The zero-order valence-electron chi connectivity index (χ0n) is 10.8. The number of carbonyl (C=O) groups is 2. The Kier molecular flexibility index (Phi) is 5.52. The van der Waals surface area contributed by atoms with Crippen LogP contribution in [0.3, 0.4) is 0 Å². The summed E-state index contributed by atoms with van der Waals surface area (Å²) >= 11 is 0. The molecule has 2 amide bonds. The minimum Gasteiger partial charge on any atom is -0.355 e. The Balaban J connectivity index is 2.31. The van der Waals surface area contributed by atoms with Crippen molar-refractivity contribution in [2.45, 2.75) is 37.9 Å². The van der Waals surface area contributed by atoms with E-state index in [4.69, 9.17) is 17.2 Å². The van der Waals surface area contributed by atoms with Gasteiger partial charge in [-0.3, -0.25) is 9.59 Å². The number of carbonyl (C=O) groups excluding carboxylic acids is 2. The van der Waals surface area contributed by atoms with E-state index in [2.05, 4.69) is 5.32 Å². The molecule has 0 aliphatic carbocycles. The van der Waals surface area contributed by atoms with E-state index in [1.54, 1.807) is 4.90 Å². The van der Waals surface area contributed by atoms with Crippen LogP contribution in [0.2, 0.25) is 0 Å². The summed E-state index contributed by atoms with van der Waals surface area (Å²) in [7, 11) is 0. The van der Waals surface area contributed by atoms with Crippen LogP contribution in [0.4, 0.5) is 0 Å². The Hall–Kier alpha value is -1.18. The number of rotatable bonds is 5. The third-order valence-corrected chi connectivity index (χ3v) is 3.12. The maximum atomic E-state index is 11.8. The molecule has 1 fully saturated rings. The molecule has 7 N–H and O–H groups in total. The average molecular weight is 257 g/mol. The van der Waals surface area contributed by atoms with Crippen LogP contribution >= 0.6 is 0 Å². The van der Waals surface area contributed by atoms with Gasteiger partial charge in [0.1, 0.15) is 0 Å². The third kappa shape index (κ3) is 3.94. The molecule has 0 saturated carbocycles. The molecule has 7 heteroatoms. The SMILES string of the molecule is CCNC(=O)C(N)CCC(=O)N1CC(N)C(N)C1. The number of nitrogens with one attached hydrogen (secondary N) is 1. The Bertz CT molecular complexity index is 300. The minimum absolute atomic E-state index is 0.0434. The lowest BCUT2D eigenvalue weighted by Crippen LogP contribution is -2.41. The van der Waals surface area contributed by atoms with Gasteiger partial charge in [-0.15, -0.1) is 0 Å². The second kappa shape index (κ2) is 6.67. The van der Waals surface area contributed by atoms with Gasteiger partial charge in [-0.1, -0.05) is 0 Å². The van der Waals surface area contributed by atoms with E-state index in [1.807, 2.05) is 6.92 Å². The first-order chi connectivity index (χ1) is 8.45. The quantitative estimate of drug-likeness (QED) is 0.441. The van der Waals surface area contributed by atoms with Crippen LogP contribution in [0.1, 0.15) is 19.8 Å².